The largest absolute Gasteiger partial charge is 0.337 e. The van der Waals surface area contributed by atoms with E-state index in [0.717, 1.165) is 68.3 Å². The molecule has 0 saturated carbocycles. The molecule has 1 aromatic carbocycles. The van der Waals surface area contributed by atoms with Crippen molar-refractivity contribution in [2.24, 2.45) is 0 Å². The van der Waals surface area contributed by atoms with Gasteiger partial charge >= 0.3 is 0 Å². The van der Waals surface area contributed by atoms with Gasteiger partial charge in [0.15, 0.2) is 0 Å². The van der Waals surface area contributed by atoms with E-state index in [1.165, 1.54) is 40.8 Å². The molecule has 1 amide bonds. The first-order chi connectivity index (χ1) is 15.3. The van der Waals surface area contributed by atoms with Crippen LogP contribution in [0.2, 0.25) is 0 Å². The van der Waals surface area contributed by atoms with E-state index >= 15 is 0 Å². The molecule has 1 aliphatic carbocycles. The summed E-state index contributed by atoms with van der Waals surface area (Å²) in [5.41, 5.74) is 4.06. The van der Waals surface area contributed by atoms with Crippen LogP contribution < -0.4 is 0 Å². The molecule has 2 aromatic heterocycles. The monoisotopic (exact) mass is 432 g/mol. The van der Waals surface area contributed by atoms with Crippen LogP contribution in [0.25, 0.3) is 10.4 Å². The average molecular weight is 433 g/mol. The fraction of sp³-hybridized carbons (Fsp3) is 0.480. The molecule has 5 nitrogen and oxygen atoms in total. The van der Waals surface area contributed by atoms with Crippen molar-refractivity contribution in [1.82, 2.24) is 19.7 Å². The summed E-state index contributed by atoms with van der Waals surface area (Å²) in [4.78, 5) is 17.7. The van der Waals surface area contributed by atoms with Crippen molar-refractivity contribution < 1.29 is 4.79 Å². The number of carbonyl (C=O) groups excluding carboxylic acids is 1. The molecule has 3 aromatic rings. The van der Waals surface area contributed by atoms with Crippen molar-refractivity contribution in [2.45, 2.75) is 63.8 Å². The lowest BCUT2D eigenvalue weighted by atomic mass is 9.91. The normalized spacial score (nSPS) is 20.5. The predicted octanol–water partition coefficient (Wildman–Crippen LogP) is 4.85. The molecule has 6 heteroatoms. The first-order valence-corrected chi connectivity index (χ1v) is 12.5. The minimum absolute atomic E-state index is 0.192. The maximum absolute atomic E-state index is 13.5. The van der Waals surface area contributed by atoms with E-state index in [-0.39, 0.29) is 5.91 Å². The van der Waals surface area contributed by atoms with Gasteiger partial charge in [-0.2, -0.15) is 0 Å². The molecule has 1 fully saturated rings. The number of aromatic nitrogens is 3. The number of benzene rings is 1. The summed E-state index contributed by atoms with van der Waals surface area (Å²) in [5, 5.41) is 9.08. The Kier molecular flexibility index (Phi) is 4.90. The van der Waals surface area contributed by atoms with E-state index in [1.807, 2.05) is 0 Å². The van der Waals surface area contributed by atoms with Crippen LogP contribution in [0.15, 0.2) is 30.3 Å². The lowest BCUT2D eigenvalue weighted by Gasteiger charge is -2.32. The lowest BCUT2D eigenvalue weighted by molar-refractivity contribution is 0.0708. The number of hydrogen-bond acceptors (Lipinski definition) is 4. The number of amides is 1. The van der Waals surface area contributed by atoms with Crippen LogP contribution in [-0.2, 0) is 25.8 Å². The van der Waals surface area contributed by atoms with E-state index < -0.39 is 0 Å². The van der Waals surface area contributed by atoms with Gasteiger partial charge in [-0.25, -0.2) is 0 Å². The van der Waals surface area contributed by atoms with Gasteiger partial charge in [0.1, 0.15) is 11.6 Å². The zero-order chi connectivity index (χ0) is 20.8. The van der Waals surface area contributed by atoms with Crippen LogP contribution in [-0.4, -0.2) is 38.7 Å². The first kappa shape index (κ1) is 19.2. The molecule has 1 atom stereocenters. The smallest absolute Gasteiger partial charge is 0.263 e. The van der Waals surface area contributed by atoms with Gasteiger partial charge in [-0.3, -0.25) is 4.79 Å². The minimum atomic E-state index is 0.192. The van der Waals surface area contributed by atoms with Crippen molar-refractivity contribution >= 4 is 17.2 Å². The summed E-state index contributed by atoms with van der Waals surface area (Å²) < 4.78 is 2.35. The first-order valence-electron chi connectivity index (χ1n) is 11.7. The second-order valence-electron chi connectivity index (χ2n) is 9.15. The molecular formula is C25H28N4OS. The van der Waals surface area contributed by atoms with E-state index in [0.29, 0.717) is 5.92 Å². The maximum atomic E-state index is 13.5. The molecule has 4 heterocycles. The molecular weight excluding hydrogens is 404 g/mol. The van der Waals surface area contributed by atoms with Gasteiger partial charge in [0.25, 0.3) is 5.91 Å². The highest BCUT2D eigenvalue weighted by Gasteiger charge is 2.31. The average Bonchev–Trinajstić information content (AvgIpc) is 3.36. The molecule has 0 spiro atoms. The molecule has 31 heavy (non-hydrogen) atoms. The van der Waals surface area contributed by atoms with Gasteiger partial charge in [0.05, 0.1) is 4.88 Å². The number of aryl methyl sites for hydroxylation is 3. The standard InChI is InChI=1S/C25H28N4OS/c30-25(21-15-18-12-11-17-7-3-4-9-20(17)23(18)31-21)28-13-6-8-19(16-28)24-27-26-22-10-2-1-5-14-29(22)24/h3-4,7,9,15,19H,1-2,5-6,8,10-14,16H2. The summed E-state index contributed by atoms with van der Waals surface area (Å²) in [6.07, 6.45) is 8.94. The van der Waals surface area contributed by atoms with Crippen LogP contribution in [0.1, 0.15) is 70.5 Å². The van der Waals surface area contributed by atoms with Crippen LogP contribution in [0.3, 0.4) is 0 Å². The molecule has 1 unspecified atom stereocenters. The number of thiophene rings is 1. The zero-order valence-corrected chi connectivity index (χ0v) is 18.7. The maximum Gasteiger partial charge on any atom is 0.263 e. The Hall–Kier alpha value is -2.47. The highest BCUT2D eigenvalue weighted by Crippen LogP contribution is 2.40. The van der Waals surface area contributed by atoms with Crippen LogP contribution >= 0.6 is 11.3 Å². The third-order valence-electron chi connectivity index (χ3n) is 7.16. The Bertz CT molecular complexity index is 1130. The van der Waals surface area contributed by atoms with Crippen molar-refractivity contribution in [1.29, 1.82) is 0 Å². The van der Waals surface area contributed by atoms with Crippen LogP contribution in [0.5, 0.6) is 0 Å². The molecule has 1 saturated heterocycles. The lowest BCUT2D eigenvalue weighted by Crippen LogP contribution is -2.39. The van der Waals surface area contributed by atoms with E-state index in [9.17, 15) is 4.79 Å². The second-order valence-corrected chi connectivity index (χ2v) is 10.2. The Morgan fingerprint density at radius 3 is 2.84 bits per heavy atom. The fourth-order valence-corrected chi connectivity index (χ4v) is 6.75. The van der Waals surface area contributed by atoms with Crippen LogP contribution in [0, 0.1) is 0 Å². The summed E-state index contributed by atoms with van der Waals surface area (Å²) in [6.45, 7) is 2.63. The highest BCUT2D eigenvalue weighted by atomic mass is 32.1. The number of nitrogens with zero attached hydrogens (tertiary/aromatic N) is 4. The number of piperidine rings is 1. The number of rotatable bonds is 2. The third-order valence-corrected chi connectivity index (χ3v) is 8.36. The fourth-order valence-electron chi connectivity index (χ4n) is 5.51. The number of likely N-dealkylation sites (tertiary alicyclic amines) is 1. The van der Waals surface area contributed by atoms with E-state index in [1.54, 1.807) is 11.3 Å². The quantitative estimate of drug-likeness (QED) is 0.582. The van der Waals surface area contributed by atoms with Gasteiger partial charge in [-0.05, 0) is 61.3 Å². The summed E-state index contributed by atoms with van der Waals surface area (Å²) in [6, 6.07) is 10.8. The molecule has 0 N–H and O–H groups in total. The summed E-state index contributed by atoms with van der Waals surface area (Å²) >= 11 is 1.68. The summed E-state index contributed by atoms with van der Waals surface area (Å²) in [7, 11) is 0. The van der Waals surface area contributed by atoms with E-state index in [2.05, 4.69) is 50.0 Å². The molecule has 6 rings (SSSR count). The summed E-state index contributed by atoms with van der Waals surface area (Å²) in [5.74, 6) is 2.74. The highest BCUT2D eigenvalue weighted by molar-refractivity contribution is 7.17. The van der Waals surface area contributed by atoms with Gasteiger partial charge in [-0.15, -0.1) is 21.5 Å². The van der Waals surface area contributed by atoms with Gasteiger partial charge < -0.3 is 9.47 Å². The number of hydrogen-bond donors (Lipinski definition) is 0. The van der Waals surface area contributed by atoms with Crippen molar-refractivity contribution in [3.8, 4) is 10.4 Å². The molecule has 3 aliphatic rings. The third kappa shape index (κ3) is 3.41. The molecule has 0 bridgehead atoms. The Balaban J connectivity index is 1.24. The van der Waals surface area contributed by atoms with Gasteiger partial charge in [0, 0.05) is 36.9 Å². The van der Waals surface area contributed by atoms with Crippen molar-refractivity contribution in [2.75, 3.05) is 13.1 Å². The van der Waals surface area contributed by atoms with Gasteiger partial charge in [-0.1, -0.05) is 30.7 Å². The Morgan fingerprint density at radius 1 is 0.968 bits per heavy atom. The Morgan fingerprint density at radius 2 is 1.87 bits per heavy atom. The van der Waals surface area contributed by atoms with E-state index in [4.69, 9.17) is 0 Å². The SMILES string of the molecule is O=C(c1cc2c(s1)-c1ccccc1CC2)N1CCCC(c2nnc3n2CCCCC3)C1. The molecule has 160 valence electrons. The second kappa shape index (κ2) is 7.90. The van der Waals surface area contributed by atoms with Crippen molar-refractivity contribution in [3.05, 3.63) is 58.0 Å². The molecule has 2 aliphatic heterocycles. The minimum Gasteiger partial charge on any atom is -0.337 e. The number of carbonyl (C=O) groups is 1. The number of fused-ring (bicyclic) bond motifs is 4. The Labute approximate surface area is 187 Å². The topological polar surface area (TPSA) is 51.0 Å². The van der Waals surface area contributed by atoms with Crippen LogP contribution in [0.4, 0.5) is 0 Å². The van der Waals surface area contributed by atoms with Gasteiger partial charge in [0.2, 0.25) is 0 Å². The zero-order valence-electron chi connectivity index (χ0n) is 17.8. The molecule has 0 radical (unpaired) electrons. The van der Waals surface area contributed by atoms with Crippen molar-refractivity contribution in [3.63, 3.8) is 0 Å². The predicted molar refractivity (Wildman–Crippen MR) is 123 cm³/mol.